The summed E-state index contributed by atoms with van der Waals surface area (Å²) in [5.41, 5.74) is 2.80. The molecule has 0 atom stereocenters. The summed E-state index contributed by atoms with van der Waals surface area (Å²) in [5, 5.41) is 11.2. The topological polar surface area (TPSA) is 119 Å². The van der Waals surface area contributed by atoms with Crippen LogP contribution in [0.5, 0.6) is 11.5 Å². The maximum absolute atomic E-state index is 13.7. The summed E-state index contributed by atoms with van der Waals surface area (Å²) in [4.78, 5) is 48.9. The van der Waals surface area contributed by atoms with Crippen LogP contribution in [0.4, 0.5) is 0 Å². The smallest absolute Gasteiger partial charge is 1.00 e. The van der Waals surface area contributed by atoms with E-state index in [1.807, 2.05) is 35.4 Å². The molecule has 0 radical (unpaired) electrons. The maximum atomic E-state index is 13.7. The van der Waals surface area contributed by atoms with Crippen LogP contribution < -0.4 is 39.0 Å². The largest absolute Gasteiger partial charge is 1.00 e. The maximum Gasteiger partial charge on any atom is 1.00 e. The molecular weight excluding hydrogens is 557 g/mol. The molecule has 0 unspecified atom stereocenters. The van der Waals surface area contributed by atoms with Gasteiger partial charge in [0.15, 0.2) is 5.78 Å². The quantitative estimate of drug-likeness (QED) is 0.354. The van der Waals surface area contributed by atoms with Crippen LogP contribution in [0.15, 0.2) is 61.1 Å². The van der Waals surface area contributed by atoms with Crippen molar-refractivity contribution in [3.05, 3.63) is 83.4 Å². The summed E-state index contributed by atoms with van der Waals surface area (Å²) < 4.78 is 12.1. The molecule has 9 nitrogen and oxygen atoms in total. The van der Waals surface area contributed by atoms with Gasteiger partial charge in [-0.05, 0) is 54.8 Å². The van der Waals surface area contributed by atoms with Crippen molar-refractivity contribution in [2.75, 3.05) is 20.2 Å². The van der Waals surface area contributed by atoms with Gasteiger partial charge in [-0.3, -0.25) is 19.6 Å². The van der Waals surface area contributed by atoms with Gasteiger partial charge in [-0.2, -0.15) is 0 Å². The first-order chi connectivity index (χ1) is 20.3. The van der Waals surface area contributed by atoms with E-state index >= 15 is 0 Å². The molecule has 3 aliphatic rings. The van der Waals surface area contributed by atoms with E-state index in [2.05, 4.69) is 9.97 Å². The van der Waals surface area contributed by atoms with Crippen molar-refractivity contribution in [2.24, 2.45) is 0 Å². The fourth-order valence-corrected chi connectivity index (χ4v) is 6.21. The fourth-order valence-electron chi connectivity index (χ4n) is 6.21. The van der Waals surface area contributed by atoms with Gasteiger partial charge in [0.25, 0.3) is 5.91 Å². The number of likely N-dealkylation sites (tertiary alicyclic amines) is 1. The summed E-state index contributed by atoms with van der Waals surface area (Å²) in [6.45, 7) is 0.937. The number of amides is 1. The predicted molar refractivity (Wildman–Crippen MR) is 155 cm³/mol. The minimum atomic E-state index is -1.06. The number of carboxylic acids is 1. The number of methoxy groups -OCH3 is 1. The monoisotopic (exact) mass is 587 g/mol. The zero-order valence-corrected chi connectivity index (χ0v) is 26.1. The van der Waals surface area contributed by atoms with Gasteiger partial charge in [0.1, 0.15) is 17.1 Å². The van der Waals surface area contributed by atoms with Crippen molar-refractivity contribution in [1.82, 2.24) is 14.9 Å². The molecule has 1 N–H and O–H groups in total. The molecule has 4 aromatic rings. The molecule has 2 aromatic carbocycles. The van der Waals surface area contributed by atoms with Crippen LogP contribution in [0, 0.1) is 0 Å². The Hall–Kier alpha value is -3.79. The molecular formula is C33H30N3NaO6. The predicted octanol–water partition coefficient (Wildman–Crippen LogP) is 2.64. The number of ketones is 1. The molecule has 43 heavy (non-hydrogen) atoms. The Morgan fingerprint density at radius 2 is 1.81 bits per heavy atom. The van der Waals surface area contributed by atoms with E-state index in [0.29, 0.717) is 65.6 Å². The zero-order valence-electron chi connectivity index (χ0n) is 25.1. The minimum Gasteiger partial charge on any atom is -1.00 e. The standard InChI is InChI=1S/C33H29N3O6.Na.H/c1-41-29-15-21(14-25-24(29)6-9-35-30(25)19-2-3-19)31(38)36-10-7-33(8-11-36)16-27(37)26-13-20(4-5-28(26)42-33)22-12-23(32(39)40)18-34-17-22;;/h4-6,9,12-15,17-19H,2-3,7-8,10-11,16H2,1H3,(H,39,40);;/q;+1;-1. The van der Waals surface area contributed by atoms with E-state index in [-0.39, 0.29) is 54.7 Å². The first kappa shape index (κ1) is 29.3. The second-order valence-electron chi connectivity index (χ2n) is 11.4. The third-order valence-corrected chi connectivity index (χ3v) is 8.67. The number of hydrogen-bond donors (Lipinski definition) is 1. The number of Topliss-reactive ketones (excluding diaryl/α,β-unsaturated/α-hetero) is 1. The number of nitrogens with zero attached hydrogens (tertiary/aromatic N) is 3. The Morgan fingerprint density at radius 1 is 1.02 bits per heavy atom. The molecule has 1 amide bonds. The van der Waals surface area contributed by atoms with Crippen LogP contribution in [0.3, 0.4) is 0 Å². The van der Waals surface area contributed by atoms with Gasteiger partial charge in [0, 0.05) is 72.3 Å². The summed E-state index contributed by atoms with van der Waals surface area (Å²) in [6.07, 6.45) is 8.19. The molecule has 2 fully saturated rings. The van der Waals surface area contributed by atoms with Gasteiger partial charge in [0.2, 0.25) is 0 Å². The van der Waals surface area contributed by atoms with Crippen molar-refractivity contribution < 1.29 is 59.9 Å². The Bertz CT molecular complexity index is 1790. The van der Waals surface area contributed by atoms with Crippen LogP contribution in [-0.2, 0) is 0 Å². The average Bonchev–Trinajstić information content (AvgIpc) is 3.86. The Labute approximate surface area is 272 Å². The number of rotatable bonds is 5. The second kappa shape index (κ2) is 11.4. The van der Waals surface area contributed by atoms with E-state index in [0.717, 1.165) is 29.3 Å². The number of carbonyl (C=O) groups is 3. The van der Waals surface area contributed by atoms with Gasteiger partial charge in [-0.15, -0.1) is 0 Å². The van der Waals surface area contributed by atoms with Crippen molar-refractivity contribution >= 4 is 28.4 Å². The molecule has 0 bridgehead atoms. The fraction of sp³-hybridized carbons (Fsp3) is 0.303. The molecule has 214 valence electrons. The number of ether oxygens (including phenoxy) is 2. The molecule has 1 saturated heterocycles. The summed E-state index contributed by atoms with van der Waals surface area (Å²) in [5.74, 6) is 0.450. The number of hydrogen-bond acceptors (Lipinski definition) is 7. The van der Waals surface area contributed by atoms with Gasteiger partial charge in [-0.25, -0.2) is 4.79 Å². The number of pyridine rings is 2. The van der Waals surface area contributed by atoms with E-state index in [1.54, 1.807) is 25.4 Å². The molecule has 1 saturated carbocycles. The number of aromatic nitrogens is 2. The SMILES string of the molecule is COc1cc(C(=O)N2CCC3(CC2)CC(=O)c2cc(-c4cncc(C(=O)O)c4)ccc2O3)cc2c(C3CC3)nccc12.[H-].[Na+]. The third-order valence-electron chi connectivity index (χ3n) is 8.67. The summed E-state index contributed by atoms with van der Waals surface area (Å²) in [7, 11) is 1.62. The van der Waals surface area contributed by atoms with Gasteiger partial charge in [0.05, 0.1) is 30.4 Å². The Morgan fingerprint density at radius 3 is 2.53 bits per heavy atom. The van der Waals surface area contributed by atoms with E-state index in [9.17, 15) is 19.5 Å². The number of fused-ring (bicyclic) bond motifs is 2. The van der Waals surface area contributed by atoms with E-state index < -0.39 is 11.6 Å². The number of aromatic carboxylic acids is 1. The van der Waals surface area contributed by atoms with Crippen molar-refractivity contribution in [3.8, 4) is 22.6 Å². The van der Waals surface area contributed by atoms with Crippen LogP contribution in [0.2, 0.25) is 0 Å². The molecule has 2 aliphatic heterocycles. The number of benzene rings is 2. The van der Waals surface area contributed by atoms with Crippen LogP contribution >= 0.6 is 0 Å². The normalized spacial score (nSPS) is 17.1. The molecule has 2 aromatic heterocycles. The number of carbonyl (C=O) groups excluding carboxylic acids is 2. The summed E-state index contributed by atoms with van der Waals surface area (Å²) in [6, 6.07) is 12.5. The molecule has 1 spiro atoms. The van der Waals surface area contributed by atoms with Crippen molar-refractivity contribution in [3.63, 3.8) is 0 Å². The molecule has 4 heterocycles. The minimum absolute atomic E-state index is 0. The Kier molecular flexibility index (Phi) is 7.75. The van der Waals surface area contributed by atoms with Crippen LogP contribution in [-0.4, -0.2) is 63.4 Å². The first-order valence-corrected chi connectivity index (χ1v) is 14.1. The number of piperidine rings is 1. The van der Waals surface area contributed by atoms with Crippen molar-refractivity contribution in [1.29, 1.82) is 0 Å². The molecule has 7 rings (SSSR count). The van der Waals surface area contributed by atoms with Gasteiger partial charge >= 0.3 is 35.5 Å². The molecule has 1 aliphatic carbocycles. The van der Waals surface area contributed by atoms with Gasteiger partial charge in [-0.1, -0.05) is 6.07 Å². The first-order valence-electron chi connectivity index (χ1n) is 14.1. The van der Waals surface area contributed by atoms with Crippen molar-refractivity contribution in [2.45, 2.75) is 43.6 Å². The number of carboxylic acid groups (broad SMARTS) is 1. The molecule has 10 heteroatoms. The third kappa shape index (κ3) is 5.41. The van der Waals surface area contributed by atoms with Crippen LogP contribution in [0.25, 0.3) is 21.9 Å². The van der Waals surface area contributed by atoms with Gasteiger partial charge < -0.3 is 20.9 Å². The van der Waals surface area contributed by atoms with Crippen LogP contribution in [0.1, 0.15) is 76.2 Å². The average molecular weight is 588 g/mol. The Balaban J connectivity index is 0.00000192. The van der Waals surface area contributed by atoms with E-state index in [4.69, 9.17) is 9.47 Å². The zero-order chi connectivity index (χ0) is 29.0. The van der Waals surface area contributed by atoms with E-state index in [1.165, 1.54) is 12.3 Å². The summed E-state index contributed by atoms with van der Waals surface area (Å²) >= 11 is 0. The second-order valence-corrected chi connectivity index (χ2v) is 11.4.